The molecule has 222 valence electrons. The van der Waals surface area contributed by atoms with E-state index in [0.717, 1.165) is 13.1 Å². The van der Waals surface area contributed by atoms with Crippen molar-refractivity contribution in [3.63, 3.8) is 0 Å². The Kier molecular flexibility index (Phi) is 10.2. The molecule has 0 aliphatic carbocycles. The predicted molar refractivity (Wildman–Crippen MR) is 143 cm³/mol. The van der Waals surface area contributed by atoms with Crippen molar-refractivity contribution in [1.29, 1.82) is 0 Å². The molecule has 1 fully saturated rings. The third-order valence-electron chi connectivity index (χ3n) is 6.00. The standard InChI is InChI=1S/C17H19ClN4O2.C10H9F6N/c1-10-8-22(9-11(2)20-10)17-19-7-13(16(23)24)15(21-17)12-5-3-4-6-14(12)18;1-17-5-6-2-7(9(11,12)13)4-8(3-6)10(14,15)16/h3-7,10-11,20H,8-9H2,1-2H3,(H,23,24);2-4,17H,5H2,1H3/t10-,11+;. The fraction of sp³-hybridized carbons (Fsp3) is 0.370. The number of nitrogens with one attached hydrogen (secondary N) is 2. The Morgan fingerprint density at radius 2 is 1.61 bits per heavy atom. The molecule has 2 aromatic carbocycles. The second kappa shape index (κ2) is 13.0. The maximum absolute atomic E-state index is 12.4. The van der Waals surface area contributed by atoms with Gasteiger partial charge in [-0.1, -0.05) is 29.8 Å². The van der Waals surface area contributed by atoms with Crippen molar-refractivity contribution >= 4 is 23.5 Å². The number of anilines is 1. The number of carbonyl (C=O) groups is 1. The Balaban J connectivity index is 0.000000241. The van der Waals surface area contributed by atoms with Gasteiger partial charge in [0.1, 0.15) is 5.56 Å². The van der Waals surface area contributed by atoms with Gasteiger partial charge in [0.15, 0.2) is 0 Å². The van der Waals surface area contributed by atoms with Crippen LogP contribution in [-0.4, -0.2) is 53.3 Å². The third-order valence-corrected chi connectivity index (χ3v) is 6.33. The number of carboxylic acid groups (broad SMARTS) is 1. The first-order valence-corrected chi connectivity index (χ1v) is 12.8. The summed E-state index contributed by atoms with van der Waals surface area (Å²) in [6, 6.07) is 9.22. The molecular formula is C27H28ClF6N5O2. The summed E-state index contributed by atoms with van der Waals surface area (Å²) < 4.78 is 74.3. The maximum Gasteiger partial charge on any atom is 0.416 e. The van der Waals surface area contributed by atoms with Crippen molar-refractivity contribution in [1.82, 2.24) is 20.6 Å². The van der Waals surface area contributed by atoms with Gasteiger partial charge in [-0.3, -0.25) is 0 Å². The number of halogens is 7. The molecule has 0 unspecified atom stereocenters. The van der Waals surface area contributed by atoms with Gasteiger partial charge in [-0.15, -0.1) is 0 Å². The summed E-state index contributed by atoms with van der Waals surface area (Å²) in [5.41, 5.74) is -1.67. The van der Waals surface area contributed by atoms with E-state index in [4.69, 9.17) is 11.6 Å². The monoisotopic (exact) mass is 603 g/mol. The van der Waals surface area contributed by atoms with Gasteiger partial charge in [0.2, 0.25) is 5.95 Å². The number of aromatic carboxylic acids is 1. The minimum atomic E-state index is -4.79. The highest BCUT2D eigenvalue weighted by Gasteiger charge is 2.36. The molecule has 3 N–H and O–H groups in total. The molecule has 1 aromatic heterocycles. The van der Waals surface area contributed by atoms with E-state index in [1.807, 2.05) is 6.07 Å². The lowest BCUT2D eigenvalue weighted by atomic mass is 10.0. The minimum absolute atomic E-state index is 0.0445. The number of alkyl halides is 6. The quantitative estimate of drug-likeness (QED) is 0.303. The van der Waals surface area contributed by atoms with Gasteiger partial charge in [0.25, 0.3) is 0 Å². The zero-order chi connectivity index (χ0) is 30.5. The van der Waals surface area contributed by atoms with Crippen molar-refractivity contribution in [2.24, 2.45) is 0 Å². The average Bonchev–Trinajstić information content (AvgIpc) is 2.87. The van der Waals surface area contributed by atoms with Crippen LogP contribution in [0.3, 0.4) is 0 Å². The third kappa shape index (κ3) is 8.54. The molecule has 4 rings (SSSR count). The van der Waals surface area contributed by atoms with Crippen molar-refractivity contribution in [2.45, 2.75) is 44.8 Å². The Morgan fingerprint density at radius 1 is 1.05 bits per heavy atom. The second-order valence-electron chi connectivity index (χ2n) is 9.54. The highest BCUT2D eigenvalue weighted by atomic mass is 35.5. The lowest BCUT2D eigenvalue weighted by Crippen LogP contribution is -2.54. The number of hydrogen-bond donors (Lipinski definition) is 3. The van der Waals surface area contributed by atoms with E-state index in [2.05, 4.69) is 39.3 Å². The highest BCUT2D eigenvalue weighted by molar-refractivity contribution is 6.33. The Labute approximate surface area is 237 Å². The van der Waals surface area contributed by atoms with Gasteiger partial charge in [-0.25, -0.2) is 14.8 Å². The normalized spacial score (nSPS) is 17.6. The zero-order valence-corrected chi connectivity index (χ0v) is 23.0. The van der Waals surface area contributed by atoms with E-state index in [9.17, 15) is 36.2 Å². The van der Waals surface area contributed by atoms with Gasteiger partial charge >= 0.3 is 18.3 Å². The first-order valence-electron chi connectivity index (χ1n) is 12.4. The molecule has 1 aliphatic rings. The van der Waals surface area contributed by atoms with E-state index in [1.165, 1.54) is 13.2 Å². The van der Waals surface area contributed by atoms with Crippen LogP contribution in [-0.2, 0) is 18.9 Å². The maximum atomic E-state index is 12.4. The SMILES string of the molecule is CNCc1cc(C(F)(F)F)cc(C(F)(F)F)c1.C[C@@H]1CN(c2ncc(C(=O)O)c(-c3ccccc3Cl)n2)C[C@H](C)N1. The molecular weight excluding hydrogens is 576 g/mol. The fourth-order valence-corrected chi connectivity index (χ4v) is 4.58. The van der Waals surface area contributed by atoms with Crippen LogP contribution in [0.5, 0.6) is 0 Å². The van der Waals surface area contributed by atoms with E-state index in [-0.39, 0.29) is 23.7 Å². The summed E-state index contributed by atoms with van der Waals surface area (Å²) in [5, 5.41) is 15.9. The molecule has 7 nitrogen and oxygen atoms in total. The van der Waals surface area contributed by atoms with Gasteiger partial charge in [0.05, 0.1) is 16.8 Å². The molecule has 2 heterocycles. The molecule has 0 saturated carbocycles. The van der Waals surface area contributed by atoms with Crippen molar-refractivity contribution in [3.8, 4) is 11.3 Å². The number of benzene rings is 2. The van der Waals surface area contributed by atoms with Crippen LogP contribution < -0.4 is 15.5 Å². The summed E-state index contributed by atoms with van der Waals surface area (Å²) in [5.74, 6) is -0.548. The second-order valence-corrected chi connectivity index (χ2v) is 9.94. The largest absolute Gasteiger partial charge is 0.478 e. The van der Waals surface area contributed by atoms with Crippen molar-refractivity contribution in [2.75, 3.05) is 25.0 Å². The molecule has 1 aliphatic heterocycles. The summed E-state index contributed by atoms with van der Waals surface area (Å²) in [6.07, 6.45) is -8.21. The van der Waals surface area contributed by atoms with Gasteiger partial charge < -0.3 is 20.6 Å². The Hall–Kier alpha value is -3.42. The van der Waals surface area contributed by atoms with Gasteiger partial charge in [0, 0.05) is 48.5 Å². The van der Waals surface area contributed by atoms with Crippen LogP contribution in [0.4, 0.5) is 32.3 Å². The molecule has 0 spiro atoms. The van der Waals surface area contributed by atoms with E-state index in [0.29, 0.717) is 46.4 Å². The van der Waals surface area contributed by atoms with Crippen LogP contribution in [0.25, 0.3) is 11.3 Å². The number of nitrogens with zero attached hydrogens (tertiary/aromatic N) is 3. The van der Waals surface area contributed by atoms with Crippen LogP contribution >= 0.6 is 11.6 Å². The van der Waals surface area contributed by atoms with E-state index >= 15 is 0 Å². The summed E-state index contributed by atoms with van der Waals surface area (Å²) in [7, 11) is 1.44. The van der Waals surface area contributed by atoms with Crippen LogP contribution in [0, 0.1) is 0 Å². The number of hydrogen-bond acceptors (Lipinski definition) is 6. The van der Waals surface area contributed by atoms with Gasteiger partial charge in [-0.2, -0.15) is 26.3 Å². The summed E-state index contributed by atoms with van der Waals surface area (Å²) in [4.78, 5) is 22.4. The first-order chi connectivity index (χ1) is 19.1. The van der Waals surface area contributed by atoms with Crippen molar-refractivity contribution in [3.05, 3.63) is 75.9 Å². The predicted octanol–water partition coefficient (Wildman–Crippen LogP) is 6.13. The smallest absolute Gasteiger partial charge is 0.416 e. The van der Waals surface area contributed by atoms with Gasteiger partial charge in [-0.05, 0) is 50.7 Å². The number of piperazine rings is 1. The fourth-order valence-electron chi connectivity index (χ4n) is 4.36. The lowest BCUT2D eigenvalue weighted by molar-refractivity contribution is -0.143. The first kappa shape index (κ1) is 32.1. The van der Waals surface area contributed by atoms with E-state index < -0.39 is 29.4 Å². The molecule has 1 saturated heterocycles. The average molecular weight is 604 g/mol. The topological polar surface area (TPSA) is 90.4 Å². The number of carboxylic acids is 1. The molecule has 41 heavy (non-hydrogen) atoms. The Bertz CT molecular complexity index is 1330. The highest BCUT2D eigenvalue weighted by Crippen LogP contribution is 2.36. The molecule has 0 amide bonds. The summed E-state index contributed by atoms with van der Waals surface area (Å²) in [6.45, 7) is 5.66. The van der Waals surface area contributed by atoms with Crippen LogP contribution in [0.2, 0.25) is 5.02 Å². The minimum Gasteiger partial charge on any atom is -0.478 e. The lowest BCUT2D eigenvalue weighted by Gasteiger charge is -2.36. The van der Waals surface area contributed by atoms with Crippen LogP contribution in [0.15, 0.2) is 48.7 Å². The molecule has 2 atom stereocenters. The Morgan fingerprint density at radius 3 is 2.10 bits per heavy atom. The number of aromatic nitrogens is 2. The molecule has 3 aromatic rings. The summed E-state index contributed by atoms with van der Waals surface area (Å²) >= 11 is 6.24. The molecule has 14 heteroatoms. The van der Waals surface area contributed by atoms with E-state index in [1.54, 1.807) is 18.2 Å². The van der Waals surface area contributed by atoms with Crippen molar-refractivity contribution < 1.29 is 36.2 Å². The van der Waals surface area contributed by atoms with Crippen LogP contribution in [0.1, 0.15) is 40.9 Å². The molecule has 0 radical (unpaired) electrons. The number of rotatable bonds is 5. The zero-order valence-electron chi connectivity index (χ0n) is 22.2. The molecule has 0 bridgehead atoms.